The van der Waals surface area contributed by atoms with Crippen molar-refractivity contribution in [3.05, 3.63) is 23.9 Å². The molecule has 1 atom stereocenters. The third-order valence-electron chi connectivity index (χ3n) is 3.07. The van der Waals surface area contributed by atoms with Crippen molar-refractivity contribution in [1.29, 1.82) is 0 Å². The van der Waals surface area contributed by atoms with Gasteiger partial charge in [0, 0.05) is 19.8 Å². The van der Waals surface area contributed by atoms with E-state index in [0.717, 1.165) is 25.9 Å². The molecular formula is C14H20N2O4. The van der Waals surface area contributed by atoms with Gasteiger partial charge in [-0.15, -0.1) is 0 Å². The maximum atomic E-state index is 10.8. The lowest BCUT2D eigenvalue weighted by molar-refractivity contribution is 0.0172. The van der Waals surface area contributed by atoms with E-state index in [-0.39, 0.29) is 11.8 Å². The summed E-state index contributed by atoms with van der Waals surface area (Å²) < 4.78 is 11.0. The summed E-state index contributed by atoms with van der Waals surface area (Å²) >= 11 is 0. The summed E-state index contributed by atoms with van der Waals surface area (Å²) in [6.07, 6.45) is 3.31. The van der Waals surface area contributed by atoms with Gasteiger partial charge in [0.2, 0.25) is 0 Å². The van der Waals surface area contributed by atoms with E-state index in [1.54, 1.807) is 12.1 Å². The minimum Gasteiger partial charge on any atom is -0.477 e. The number of hydrogen-bond acceptors (Lipinski definition) is 5. The van der Waals surface area contributed by atoms with Crippen LogP contribution >= 0.6 is 0 Å². The highest BCUT2D eigenvalue weighted by Gasteiger charge is 2.14. The fraction of sp³-hybridized carbons (Fsp3) is 0.571. The molecule has 0 saturated carbocycles. The molecule has 110 valence electrons. The van der Waals surface area contributed by atoms with Gasteiger partial charge in [0.1, 0.15) is 5.82 Å². The molecule has 6 nitrogen and oxygen atoms in total. The second kappa shape index (κ2) is 7.81. The second-order valence-electron chi connectivity index (χ2n) is 4.70. The molecule has 2 rings (SSSR count). The topological polar surface area (TPSA) is 80.7 Å². The number of carboxylic acids is 1. The summed E-state index contributed by atoms with van der Waals surface area (Å²) in [7, 11) is 0. The number of hydrogen-bond donors (Lipinski definition) is 2. The molecule has 0 amide bonds. The molecule has 2 heterocycles. The van der Waals surface area contributed by atoms with Crippen LogP contribution < -0.4 is 5.32 Å². The quantitative estimate of drug-likeness (QED) is 0.706. The number of carboxylic acid groups (broad SMARTS) is 1. The Kier molecular flexibility index (Phi) is 5.76. The van der Waals surface area contributed by atoms with Crippen LogP contribution in [0, 0.1) is 0 Å². The molecule has 20 heavy (non-hydrogen) atoms. The predicted molar refractivity (Wildman–Crippen MR) is 74.1 cm³/mol. The first-order chi connectivity index (χ1) is 9.75. The second-order valence-corrected chi connectivity index (χ2v) is 4.70. The largest absolute Gasteiger partial charge is 0.477 e. The lowest BCUT2D eigenvalue weighted by atomic mass is 10.2. The molecular weight excluding hydrogens is 260 g/mol. The van der Waals surface area contributed by atoms with Crippen LogP contribution in [0.15, 0.2) is 18.2 Å². The zero-order chi connectivity index (χ0) is 14.2. The summed E-state index contributed by atoms with van der Waals surface area (Å²) in [5.41, 5.74) is 0.0460. The Hall–Kier alpha value is -1.66. The van der Waals surface area contributed by atoms with E-state index in [1.807, 2.05) is 0 Å². The van der Waals surface area contributed by atoms with E-state index < -0.39 is 5.97 Å². The third-order valence-corrected chi connectivity index (χ3v) is 3.07. The number of rotatable bonds is 8. The minimum atomic E-state index is -1.02. The van der Waals surface area contributed by atoms with Crippen LogP contribution in [0.1, 0.15) is 29.8 Å². The van der Waals surface area contributed by atoms with E-state index in [1.165, 1.54) is 6.07 Å². The van der Waals surface area contributed by atoms with Crippen LogP contribution in [-0.4, -0.2) is 48.5 Å². The minimum absolute atomic E-state index is 0.0460. The number of aromatic carboxylic acids is 1. The lowest BCUT2D eigenvalue weighted by Crippen LogP contribution is -2.16. The molecule has 1 saturated heterocycles. The van der Waals surface area contributed by atoms with Gasteiger partial charge in [-0.1, -0.05) is 6.07 Å². The molecule has 0 aliphatic carbocycles. The Morgan fingerprint density at radius 1 is 1.55 bits per heavy atom. The molecule has 2 N–H and O–H groups in total. The fourth-order valence-corrected chi connectivity index (χ4v) is 2.03. The van der Waals surface area contributed by atoms with Gasteiger partial charge in [-0.05, 0) is 31.4 Å². The first-order valence-corrected chi connectivity index (χ1v) is 6.89. The van der Waals surface area contributed by atoms with E-state index in [2.05, 4.69) is 10.3 Å². The number of pyridine rings is 1. The Morgan fingerprint density at radius 2 is 2.45 bits per heavy atom. The molecule has 1 aromatic heterocycles. The summed E-state index contributed by atoms with van der Waals surface area (Å²) in [4.78, 5) is 14.8. The average molecular weight is 280 g/mol. The van der Waals surface area contributed by atoms with Gasteiger partial charge in [-0.25, -0.2) is 9.78 Å². The SMILES string of the molecule is O=C(O)c1cccc(NCCCOCC2CCCO2)n1. The van der Waals surface area contributed by atoms with Crippen LogP contribution in [-0.2, 0) is 9.47 Å². The summed E-state index contributed by atoms with van der Waals surface area (Å²) in [5.74, 6) is -0.447. The Bertz CT molecular complexity index is 433. The third kappa shape index (κ3) is 4.79. The van der Waals surface area contributed by atoms with Gasteiger partial charge in [-0.3, -0.25) is 0 Å². The number of anilines is 1. The van der Waals surface area contributed by atoms with Crippen molar-refractivity contribution in [2.75, 3.05) is 31.7 Å². The zero-order valence-corrected chi connectivity index (χ0v) is 11.4. The van der Waals surface area contributed by atoms with Gasteiger partial charge >= 0.3 is 5.97 Å². The first kappa shape index (κ1) is 14.7. The van der Waals surface area contributed by atoms with Crippen molar-refractivity contribution < 1.29 is 19.4 Å². The van der Waals surface area contributed by atoms with Crippen molar-refractivity contribution in [1.82, 2.24) is 4.98 Å². The van der Waals surface area contributed by atoms with Crippen molar-refractivity contribution in [3.8, 4) is 0 Å². The number of aromatic nitrogens is 1. The molecule has 1 unspecified atom stereocenters. The summed E-state index contributed by atoms with van der Waals surface area (Å²) in [6, 6.07) is 4.89. The van der Waals surface area contributed by atoms with Crippen LogP contribution in [0.25, 0.3) is 0 Å². The van der Waals surface area contributed by atoms with Crippen molar-refractivity contribution in [2.45, 2.75) is 25.4 Å². The van der Waals surface area contributed by atoms with E-state index in [9.17, 15) is 4.79 Å². The molecule has 1 fully saturated rings. The number of nitrogens with one attached hydrogen (secondary N) is 1. The number of ether oxygens (including phenoxy) is 2. The van der Waals surface area contributed by atoms with Crippen LogP contribution in [0.5, 0.6) is 0 Å². The highest BCUT2D eigenvalue weighted by atomic mass is 16.5. The Labute approximate surface area is 118 Å². The number of nitrogens with zero attached hydrogens (tertiary/aromatic N) is 1. The predicted octanol–water partition coefficient (Wildman–Crippen LogP) is 1.78. The molecule has 1 aliphatic heterocycles. The maximum absolute atomic E-state index is 10.8. The van der Waals surface area contributed by atoms with Crippen molar-refractivity contribution in [2.24, 2.45) is 0 Å². The number of carbonyl (C=O) groups is 1. The zero-order valence-electron chi connectivity index (χ0n) is 11.4. The van der Waals surface area contributed by atoms with E-state index >= 15 is 0 Å². The Morgan fingerprint density at radius 3 is 3.20 bits per heavy atom. The van der Waals surface area contributed by atoms with Gasteiger partial charge in [-0.2, -0.15) is 0 Å². The van der Waals surface area contributed by atoms with Gasteiger partial charge in [0.05, 0.1) is 12.7 Å². The normalized spacial score (nSPS) is 18.1. The van der Waals surface area contributed by atoms with Crippen LogP contribution in [0.4, 0.5) is 5.82 Å². The molecule has 6 heteroatoms. The molecule has 0 spiro atoms. The molecule has 0 bridgehead atoms. The molecule has 1 aromatic rings. The molecule has 1 aliphatic rings. The standard InChI is InChI=1S/C14H20N2O4/c17-14(18)12-5-1-6-13(16-12)15-7-3-8-19-10-11-4-2-9-20-11/h1,5-6,11H,2-4,7-10H2,(H,15,16)(H,17,18). The lowest BCUT2D eigenvalue weighted by Gasteiger charge is -2.10. The van der Waals surface area contributed by atoms with Gasteiger partial charge < -0.3 is 19.9 Å². The smallest absolute Gasteiger partial charge is 0.354 e. The first-order valence-electron chi connectivity index (χ1n) is 6.89. The highest BCUT2D eigenvalue weighted by Crippen LogP contribution is 2.12. The van der Waals surface area contributed by atoms with Crippen molar-refractivity contribution in [3.63, 3.8) is 0 Å². The molecule has 0 aromatic carbocycles. The molecule has 0 radical (unpaired) electrons. The summed E-state index contributed by atoms with van der Waals surface area (Å²) in [6.45, 7) is 2.86. The van der Waals surface area contributed by atoms with Gasteiger partial charge in [0.15, 0.2) is 5.69 Å². The monoisotopic (exact) mass is 280 g/mol. The summed E-state index contributed by atoms with van der Waals surface area (Å²) in [5, 5.41) is 11.9. The van der Waals surface area contributed by atoms with Crippen LogP contribution in [0.3, 0.4) is 0 Å². The van der Waals surface area contributed by atoms with Crippen molar-refractivity contribution >= 4 is 11.8 Å². The van der Waals surface area contributed by atoms with Crippen LogP contribution in [0.2, 0.25) is 0 Å². The van der Waals surface area contributed by atoms with Gasteiger partial charge in [0.25, 0.3) is 0 Å². The average Bonchev–Trinajstić information content (AvgIpc) is 2.96. The van der Waals surface area contributed by atoms with E-state index in [0.29, 0.717) is 25.6 Å². The Balaban J connectivity index is 1.58. The highest BCUT2D eigenvalue weighted by molar-refractivity contribution is 5.85. The maximum Gasteiger partial charge on any atom is 0.354 e. The fourth-order valence-electron chi connectivity index (χ4n) is 2.03. The van der Waals surface area contributed by atoms with E-state index in [4.69, 9.17) is 14.6 Å².